The van der Waals surface area contributed by atoms with Crippen LogP contribution in [0, 0.1) is 10.8 Å². The summed E-state index contributed by atoms with van der Waals surface area (Å²) in [5, 5.41) is 0.404. The molecule has 0 saturated heterocycles. The van der Waals surface area contributed by atoms with E-state index < -0.39 is 16.0 Å². The summed E-state index contributed by atoms with van der Waals surface area (Å²) >= 11 is 5.97. The molecule has 218 valence electrons. The molecule has 0 aromatic heterocycles. The average Bonchev–Trinajstić information content (AvgIpc) is 2.86. The van der Waals surface area contributed by atoms with Crippen LogP contribution in [0.3, 0.4) is 0 Å². The summed E-state index contributed by atoms with van der Waals surface area (Å²) < 4.78 is 37.9. The first kappa shape index (κ1) is 29.5. The van der Waals surface area contributed by atoms with Crippen LogP contribution in [0.2, 0.25) is 5.02 Å². The van der Waals surface area contributed by atoms with Gasteiger partial charge in [0.1, 0.15) is 10.6 Å². The maximum absolute atomic E-state index is 14.0. The normalized spacial score (nSPS) is 20.7. The monoisotopic (exact) mass is 597 g/mol. The molecule has 41 heavy (non-hydrogen) atoms. The van der Waals surface area contributed by atoms with Gasteiger partial charge in [0.05, 0.1) is 6.61 Å². The van der Waals surface area contributed by atoms with Gasteiger partial charge < -0.3 is 13.8 Å². The van der Waals surface area contributed by atoms with Gasteiger partial charge in [-0.3, -0.25) is 9.59 Å². The number of benzene rings is 2. The van der Waals surface area contributed by atoms with Gasteiger partial charge in [-0.15, -0.1) is 0 Å². The second kappa shape index (κ2) is 10.7. The smallest absolute Gasteiger partial charge is 0.339 e. The maximum Gasteiger partial charge on any atom is 0.339 e. The largest absolute Gasteiger partial charge is 0.383 e. The molecule has 2 aromatic rings. The molecule has 0 saturated carbocycles. The second-order valence-electron chi connectivity index (χ2n) is 12.7. The minimum Gasteiger partial charge on any atom is -0.383 e. The number of carbonyl (C=O) groups is 2. The SMILES string of the molecule is COCCN1C2=C(C(=O)CC(C)(C)C2)C(c2ccccc2OS(=O)(=O)c2ccc(Cl)cc2)C2=C1CC(C)(C)CC2=O. The summed E-state index contributed by atoms with van der Waals surface area (Å²) in [6.07, 6.45) is 1.95. The van der Waals surface area contributed by atoms with Crippen molar-refractivity contribution < 1.29 is 26.9 Å². The van der Waals surface area contributed by atoms with Gasteiger partial charge in [-0.1, -0.05) is 57.5 Å². The summed E-state index contributed by atoms with van der Waals surface area (Å²) in [7, 11) is -2.59. The Morgan fingerprint density at radius 2 is 1.39 bits per heavy atom. The zero-order chi connectivity index (χ0) is 29.7. The third-order valence-electron chi connectivity index (χ3n) is 8.07. The number of halogens is 1. The van der Waals surface area contributed by atoms with Gasteiger partial charge in [0.2, 0.25) is 0 Å². The van der Waals surface area contributed by atoms with Crippen LogP contribution in [0.15, 0.2) is 76.0 Å². The zero-order valence-corrected chi connectivity index (χ0v) is 25.7. The van der Waals surface area contributed by atoms with Crippen molar-refractivity contribution in [2.45, 2.75) is 64.2 Å². The standard InChI is InChI=1S/C32H36ClNO6S/c1-31(2)16-23-29(25(35)18-31)28(30-24(34(23)14-15-39-5)17-32(3,4)19-26(30)36)22-8-6-7-9-27(22)40-41(37,38)21-12-10-20(33)11-13-21/h6-13,28H,14-19H2,1-5H3. The van der Waals surface area contributed by atoms with Gasteiger partial charge in [0, 0.05) is 65.5 Å². The molecule has 0 amide bonds. The minimum absolute atomic E-state index is 0.0387. The van der Waals surface area contributed by atoms with E-state index in [0.29, 0.717) is 60.6 Å². The van der Waals surface area contributed by atoms with Crippen molar-refractivity contribution in [2.24, 2.45) is 10.8 Å². The number of methoxy groups -OCH3 is 1. The van der Waals surface area contributed by atoms with Gasteiger partial charge in [-0.05, 0) is 54.0 Å². The molecule has 2 aromatic carbocycles. The van der Waals surface area contributed by atoms with Crippen molar-refractivity contribution in [3.63, 3.8) is 0 Å². The van der Waals surface area contributed by atoms with E-state index in [2.05, 4.69) is 32.6 Å². The number of nitrogens with zero attached hydrogens (tertiary/aromatic N) is 1. The van der Waals surface area contributed by atoms with Crippen LogP contribution in [-0.2, 0) is 24.4 Å². The molecule has 0 fully saturated rings. The van der Waals surface area contributed by atoms with Crippen LogP contribution in [0.25, 0.3) is 0 Å². The first-order valence-corrected chi connectivity index (χ1v) is 15.6. The molecule has 0 N–H and O–H groups in total. The van der Waals surface area contributed by atoms with E-state index in [0.717, 1.165) is 11.4 Å². The molecule has 0 spiro atoms. The van der Waals surface area contributed by atoms with Crippen molar-refractivity contribution in [2.75, 3.05) is 20.3 Å². The number of Topliss-reactive ketones (excluding diaryl/α,β-unsaturated/α-hetero) is 2. The van der Waals surface area contributed by atoms with Crippen LogP contribution < -0.4 is 4.18 Å². The van der Waals surface area contributed by atoms with Crippen LogP contribution >= 0.6 is 11.6 Å². The van der Waals surface area contributed by atoms with E-state index in [1.165, 1.54) is 24.3 Å². The fourth-order valence-electron chi connectivity index (χ4n) is 6.37. The summed E-state index contributed by atoms with van der Waals surface area (Å²) in [4.78, 5) is 30.1. The lowest BCUT2D eigenvalue weighted by Gasteiger charge is -2.49. The maximum atomic E-state index is 14.0. The first-order valence-electron chi connectivity index (χ1n) is 13.8. The molecule has 1 aliphatic heterocycles. The van der Waals surface area contributed by atoms with E-state index in [-0.39, 0.29) is 33.0 Å². The van der Waals surface area contributed by atoms with Crippen LogP contribution in [0.1, 0.15) is 64.9 Å². The zero-order valence-electron chi connectivity index (χ0n) is 24.1. The lowest BCUT2D eigenvalue weighted by Crippen LogP contribution is -2.45. The number of ketones is 2. The minimum atomic E-state index is -4.22. The van der Waals surface area contributed by atoms with Gasteiger partial charge in [-0.25, -0.2) is 0 Å². The third kappa shape index (κ3) is 5.74. The predicted molar refractivity (Wildman–Crippen MR) is 157 cm³/mol. The average molecular weight is 598 g/mol. The third-order valence-corrected chi connectivity index (χ3v) is 9.57. The molecule has 5 rings (SSSR count). The Balaban J connectivity index is 1.72. The summed E-state index contributed by atoms with van der Waals surface area (Å²) in [6, 6.07) is 12.5. The van der Waals surface area contributed by atoms with E-state index in [1.54, 1.807) is 31.4 Å². The highest BCUT2D eigenvalue weighted by molar-refractivity contribution is 7.87. The summed E-state index contributed by atoms with van der Waals surface area (Å²) in [5.41, 5.74) is 2.80. The molecule has 7 nitrogen and oxygen atoms in total. The molecular formula is C32H36ClNO6S. The summed E-state index contributed by atoms with van der Waals surface area (Å²) in [6.45, 7) is 9.25. The lowest BCUT2D eigenvalue weighted by molar-refractivity contribution is -0.119. The predicted octanol–water partition coefficient (Wildman–Crippen LogP) is 6.44. The van der Waals surface area contributed by atoms with Crippen molar-refractivity contribution in [1.82, 2.24) is 4.90 Å². The highest BCUT2D eigenvalue weighted by Gasteiger charge is 2.49. The molecular weight excluding hydrogens is 562 g/mol. The molecule has 0 atom stereocenters. The van der Waals surface area contributed by atoms with Crippen LogP contribution in [0.5, 0.6) is 5.75 Å². The fourth-order valence-corrected chi connectivity index (χ4v) is 7.45. The summed E-state index contributed by atoms with van der Waals surface area (Å²) in [5.74, 6) is -0.721. The Hall–Kier alpha value is -2.94. The molecule has 0 bridgehead atoms. The van der Waals surface area contributed by atoms with Crippen molar-refractivity contribution >= 4 is 33.3 Å². The molecule has 3 aliphatic rings. The number of carbonyl (C=O) groups excluding carboxylic acids is 2. The Kier molecular flexibility index (Phi) is 7.72. The molecule has 2 aliphatic carbocycles. The van der Waals surface area contributed by atoms with E-state index >= 15 is 0 Å². The first-order chi connectivity index (χ1) is 19.2. The van der Waals surface area contributed by atoms with Crippen molar-refractivity contribution in [3.05, 3.63) is 81.7 Å². The van der Waals surface area contributed by atoms with Crippen molar-refractivity contribution in [1.29, 1.82) is 0 Å². The lowest BCUT2D eigenvalue weighted by atomic mass is 9.63. The highest BCUT2D eigenvalue weighted by atomic mass is 35.5. The van der Waals surface area contributed by atoms with Crippen LogP contribution in [0.4, 0.5) is 0 Å². The fraction of sp³-hybridized carbons (Fsp3) is 0.438. The van der Waals surface area contributed by atoms with Gasteiger partial charge >= 0.3 is 10.1 Å². The van der Waals surface area contributed by atoms with Crippen molar-refractivity contribution in [3.8, 4) is 5.75 Å². The molecule has 0 radical (unpaired) electrons. The van der Waals surface area contributed by atoms with Gasteiger partial charge in [0.15, 0.2) is 11.6 Å². The van der Waals surface area contributed by atoms with Gasteiger partial charge in [0.25, 0.3) is 0 Å². The quantitative estimate of drug-likeness (QED) is 0.339. The van der Waals surface area contributed by atoms with E-state index in [1.807, 2.05) is 0 Å². The topological polar surface area (TPSA) is 90.0 Å². The number of allylic oxidation sites excluding steroid dienone is 4. The molecule has 1 heterocycles. The number of para-hydroxylation sites is 1. The van der Waals surface area contributed by atoms with E-state index in [9.17, 15) is 18.0 Å². The molecule has 0 unspecified atom stereocenters. The number of ether oxygens (including phenoxy) is 1. The highest BCUT2D eigenvalue weighted by Crippen LogP contribution is 2.55. The number of hydrogen-bond donors (Lipinski definition) is 0. The Morgan fingerprint density at radius 1 is 0.854 bits per heavy atom. The van der Waals surface area contributed by atoms with Crippen LogP contribution in [-0.4, -0.2) is 45.1 Å². The van der Waals surface area contributed by atoms with E-state index in [4.69, 9.17) is 20.5 Å². The second-order valence-corrected chi connectivity index (χ2v) is 14.7. The number of rotatable bonds is 7. The molecule has 9 heteroatoms. The van der Waals surface area contributed by atoms with Gasteiger partial charge in [-0.2, -0.15) is 8.42 Å². The Labute approximate surface area is 247 Å². The number of hydrogen-bond acceptors (Lipinski definition) is 7. The Morgan fingerprint density at radius 3 is 1.93 bits per heavy atom. The Bertz CT molecular complexity index is 1520.